The average Bonchev–Trinajstić information content (AvgIpc) is 2.52. The molecule has 0 fully saturated rings. The summed E-state index contributed by atoms with van der Waals surface area (Å²) in [7, 11) is -1.90. The Bertz CT molecular complexity index is 885. The molecule has 2 rings (SSSR count). The molecule has 1 N–H and O–H groups in total. The molecule has 25 heavy (non-hydrogen) atoms. The van der Waals surface area contributed by atoms with Crippen LogP contribution < -0.4 is 9.62 Å². The smallest absolute Gasteiger partial charge is 0.231 e. The molecule has 2 aromatic carbocycles. The summed E-state index contributed by atoms with van der Waals surface area (Å²) >= 11 is 11.9. The van der Waals surface area contributed by atoms with E-state index in [1.54, 1.807) is 42.5 Å². The van der Waals surface area contributed by atoms with Crippen LogP contribution in [0.3, 0.4) is 0 Å². The Kier molecular flexibility index (Phi) is 6.32. The van der Waals surface area contributed by atoms with Crippen LogP contribution >= 0.6 is 23.2 Å². The first-order valence-electron chi connectivity index (χ1n) is 7.44. The van der Waals surface area contributed by atoms with Crippen molar-refractivity contribution in [3.8, 4) is 0 Å². The minimum atomic E-state index is -3.36. The van der Waals surface area contributed by atoms with Gasteiger partial charge in [-0.2, -0.15) is 0 Å². The first-order valence-corrected chi connectivity index (χ1v) is 10.0. The highest BCUT2D eigenvalue weighted by Crippen LogP contribution is 2.23. The molecule has 0 atom stereocenters. The van der Waals surface area contributed by atoms with E-state index in [0.29, 0.717) is 27.8 Å². The normalized spacial score (nSPS) is 11.2. The van der Waals surface area contributed by atoms with Crippen molar-refractivity contribution in [2.24, 2.45) is 0 Å². The van der Waals surface area contributed by atoms with Crippen LogP contribution in [0.15, 0.2) is 42.5 Å². The molecule has 1 amide bonds. The van der Waals surface area contributed by atoms with E-state index >= 15 is 0 Å². The Morgan fingerprint density at radius 2 is 1.88 bits per heavy atom. The number of nitrogens with zero attached hydrogens (tertiary/aromatic N) is 1. The fourth-order valence-corrected chi connectivity index (χ4v) is 3.17. The standard InChI is InChI=1S/C17H18Cl2N2O3S/c1-21(25(2,23)24)15-5-3-4-14(11-15)20-17(22)9-7-12-6-8-13(18)10-16(12)19/h3-6,8,10-11H,7,9H2,1-2H3,(H,20,22). The highest BCUT2D eigenvalue weighted by atomic mass is 35.5. The number of carbonyl (C=O) groups excluding carboxylic acids is 1. The van der Waals surface area contributed by atoms with Gasteiger partial charge in [-0.1, -0.05) is 35.3 Å². The van der Waals surface area contributed by atoms with Crippen molar-refractivity contribution in [2.75, 3.05) is 22.9 Å². The van der Waals surface area contributed by atoms with Gasteiger partial charge in [-0.05, 0) is 42.3 Å². The van der Waals surface area contributed by atoms with Gasteiger partial charge in [0.25, 0.3) is 0 Å². The number of rotatable bonds is 6. The van der Waals surface area contributed by atoms with Crippen molar-refractivity contribution >= 4 is 50.5 Å². The Labute approximate surface area is 157 Å². The van der Waals surface area contributed by atoms with Crippen LogP contribution in [-0.4, -0.2) is 27.6 Å². The molecular formula is C17H18Cl2N2O3S. The summed E-state index contributed by atoms with van der Waals surface area (Å²) in [6.07, 6.45) is 1.84. The zero-order valence-electron chi connectivity index (χ0n) is 13.8. The van der Waals surface area contributed by atoms with Crippen LogP contribution in [0.25, 0.3) is 0 Å². The predicted octanol–water partition coefficient (Wildman–Crippen LogP) is 3.96. The SMILES string of the molecule is CN(c1cccc(NC(=O)CCc2ccc(Cl)cc2Cl)c1)S(C)(=O)=O. The number of sulfonamides is 1. The zero-order chi connectivity index (χ0) is 18.6. The first-order chi connectivity index (χ1) is 11.7. The lowest BCUT2D eigenvalue weighted by Gasteiger charge is -2.17. The van der Waals surface area contributed by atoms with E-state index in [0.717, 1.165) is 16.1 Å². The second kappa shape index (κ2) is 8.08. The number of benzene rings is 2. The second-order valence-corrected chi connectivity index (χ2v) is 8.42. The number of hydrogen-bond acceptors (Lipinski definition) is 3. The quantitative estimate of drug-likeness (QED) is 0.797. The lowest BCUT2D eigenvalue weighted by Crippen LogP contribution is -2.24. The molecular weight excluding hydrogens is 383 g/mol. The van der Waals surface area contributed by atoms with Crippen molar-refractivity contribution in [1.29, 1.82) is 0 Å². The van der Waals surface area contributed by atoms with Crippen molar-refractivity contribution in [2.45, 2.75) is 12.8 Å². The van der Waals surface area contributed by atoms with Crippen molar-refractivity contribution in [3.63, 3.8) is 0 Å². The Hall–Kier alpha value is -1.76. The lowest BCUT2D eigenvalue weighted by atomic mass is 10.1. The molecule has 0 bridgehead atoms. The van der Waals surface area contributed by atoms with Crippen LogP contribution in [0, 0.1) is 0 Å². The minimum absolute atomic E-state index is 0.190. The molecule has 0 saturated carbocycles. The fraction of sp³-hybridized carbons (Fsp3) is 0.235. The van der Waals surface area contributed by atoms with Gasteiger partial charge in [0.05, 0.1) is 11.9 Å². The zero-order valence-corrected chi connectivity index (χ0v) is 16.1. The van der Waals surface area contributed by atoms with Crippen molar-refractivity contribution in [3.05, 3.63) is 58.1 Å². The molecule has 8 heteroatoms. The molecule has 0 saturated heterocycles. The Morgan fingerprint density at radius 1 is 1.16 bits per heavy atom. The van der Waals surface area contributed by atoms with E-state index in [2.05, 4.69) is 5.32 Å². The molecule has 0 aromatic heterocycles. The third-order valence-corrected chi connectivity index (χ3v) is 5.42. The highest BCUT2D eigenvalue weighted by Gasteiger charge is 2.13. The number of anilines is 2. The van der Waals surface area contributed by atoms with Crippen molar-refractivity contribution < 1.29 is 13.2 Å². The van der Waals surface area contributed by atoms with E-state index in [4.69, 9.17) is 23.2 Å². The third kappa shape index (κ3) is 5.63. The molecule has 0 unspecified atom stereocenters. The third-order valence-electron chi connectivity index (χ3n) is 3.63. The molecule has 0 aliphatic rings. The van der Waals surface area contributed by atoms with E-state index in [1.165, 1.54) is 7.05 Å². The fourth-order valence-electron chi connectivity index (χ4n) is 2.17. The van der Waals surface area contributed by atoms with Crippen LogP contribution in [0.1, 0.15) is 12.0 Å². The number of amides is 1. The summed E-state index contributed by atoms with van der Waals surface area (Å²) < 4.78 is 24.3. The first kappa shape index (κ1) is 19.6. The summed E-state index contributed by atoms with van der Waals surface area (Å²) in [5, 5.41) is 3.83. The monoisotopic (exact) mass is 400 g/mol. The molecule has 0 radical (unpaired) electrons. The maximum atomic E-state index is 12.1. The molecule has 2 aromatic rings. The van der Waals surface area contributed by atoms with Crippen LogP contribution in [0.2, 0.25) is 10.0 Å². The summed E-state index contributed by atoms with van der Waals surface area (Å²) in [6, 6.07) is 11.8. The van der Waals surface area contributed by atoms with Gasteiger partial charge in [-0.25, -0.2) is 8.42 Å². The number of carbonyl (C=O) groups is 1. The van der Waals surface area contributed by atoms with Crippen LogP contribution in [-0.2, 0) is 21.2 Å². The predicted molar refractivity (Wildman–Crippen MR) is 103 cm³/mol. The molecule has 134 valence electrons. The number of aryl methyl sites for hydroxylation is 1. The summed E-state index contributed by atoms with van der Waals surface area (Å²) in [5.74, 6) is -0.190. The van der Waals surface area contributed by atoms with E-state index in [1.807, 2.05) is 0 Å². The Morgan fingerprint density at radius 3 is 2.52 bits per heavy atom. The largest absolute Gasteiger partial charge is 0.326 e. The van der Waals surface area contributed by atoms with Gasteiger partial charge in [-0.3, -0.25) is 9.10 Å². The molecule has 0 spiro atoms. The molecule has 0 heterocycles. The second-order valence-electron chi connectivity index (χ2n) is 5.56. The van der Waals surface area contributed by atoms with Gasteiger partial charge in [-0.15, -0.1) is 0 Å². The molecule has 5 nitrogen and oxygen atoms in total. The maximum absolute atomic E-state index is 12.1. The number of hydrogen-bond donors (Lipinski definition) is 1. The number of halogens is 2. The summed E-state index contributed by atoms with van der Waals surface area (Å²) in [4.78, 5) is 12.1. The minimum Gasteiger partial charge on any atom is -0.326 e. The van der Waals surface area contributed by atoms with Crippen LogP contribution in [0.4, 0.5) is 11.4 Å². The maximum Gasteiger partial charge on any atom is 0.231 e. The lowest BCUT2D eigenvalue weighted by molar-refractivity contribution is -0.116. The molecule has 0 aliphatic heterocycles. The highest BCUT2D eigenvalue weighted by molar-refractivity contribution is 7.92. The topological polar surface area (TPSA) is 66.5 Å². The van der Waals surface area contributed by atoms with Crippen molar-refractivity contribution in [1.82, 2.24) is 0 Å². The average molecular weight is 401 g/mol. The van der Waals surface area contributed by atoms with Crippen LogP contribution in [0.5, 0.6) is 0 Å². The van der Waals surface area contributed by atoms with Gasteiger partial charge in [0.2, 0.25) is 15.9 Å². The Balaban J connectivity index is 2.01. The summed E-state index contributed by atoms with van der Waals surface area (Å²) in [6.45, 7) is 0. The van der Waals surface area contributed by atoms with Gasteiger partial charge >= 0.3 is 0 Å². The van der Waals surface area contributed by atoms with Gasteiger partial charge < -0.3 is 5.32 Å². The van der Waals surface area contributed by atoms with Gasteiger partial charge in [0.1, 0.15) is 0 Å². The van der Waals surface area contributed by atoms with E-state index < -0.39 is 10.0 Å². The van der Waals surface area contributed by atoms with Gasteiger partial charge in [0, 0.05) is 29.2 Å². The van der Waals surface area contributed by atoms with E-state index in [9.17, 15) is 13.2 Å². The molecule has 0 aliphatic carbocycles. The van der Waals surface area contributed by atoms with Gasteiger partial charge in [0.15, 0.2) is 0 Å². The number of nitrogens with one attached hydrogen (secondary N) is 1. The van der Waals surface area contributed by atoms with E-state index in [-0.39, 0.29) is 12.3 Å². The summed E-state index contributed by atoms with van der Waals surface area (Å²) in [5.41, 5.74) is 1.84.